The zero-order valence-corrected chi connectivity index (χ0v) is 15.5. The standard InChI is InChI=1S/C19H16Cl2N2O3/c1-2-15(11-24)23-17-6-4-3-5-16(17)18(25)22(19(23)26)10-12-7-13(20)9-14(21)8-12/h3-9,11,15H,2,10H2,1H3. The highest BCUT2D eigenvalue weighted by atomic mass is 35.5. The van der Waals surface area contributed by atoms with Crippen LogP contribution < -0.4 is 11.2 Å². The van der Waals surface area contributed by atoms with Crippen molar-refractivity contribution < 1.29 is 4.79 Å². The third kappa shape index (κ3) is 3.32. The van der Waals surface area contributed by atoms with Gasteiger partial charge in [-0.05, 0) is 42.3 Å². The van der Waals surface area contributed by atoms with Crippen LogP contribution >= 0.6 is 23.2 Å². The minimum Gasteiger partial charge on any atom is -0.301 e. The van der Waals surface area contributed by atoms with Crippen molar-refractivity contribution in [2.45, 2.75) is 25.9 Å². The van der Waals surface area contributed by atoms with Crippen LogP contribution in [0.5, 0.6) is 0 Å². The van der Waals surface area contributed by atoms with E-state index in [1.54, 1.807) is 42.5 Å². The first-order valence-electron chi connectivity index (χ1n) is 8.10. The summed E-state index contributed by atoms with van der Waals surface area (Å²) < 4.78 is 2.48. The number of benzene rings is 2. The Bertz CT molecular complexity index is 1080. The fraction of sp³-hybridized carbons (Fsp3) is 0.211. The Balaban J connectivity index is 2.30. The van der Waals surface area contributed by atoms with E-state index in [9.17, 15) is 14.4 Å². The maximum Gasteiger partial charge on any atom is 0.332 e. The van der Waals surface area contributed by atoms with Gasteiger partial charge in [0.15, 0.2) is 0 Å². The number of carbonyl (C=O) groups is 1. The lowest BCUT2D eigenvalue weighted by atomic mass is 10.1. The summed E-state index contributed by atoms with van der Waals surface area (Å²) >= 11 is 12.0. The normalized spacial score (nSPS) is 12.3. The highest BCUT2D eigenvalue weighted by Gasteiger charge is 2.18. The quantitative estimate of drug-likeness (QED) is 0.624. The van der Waals surface area contributed by atoms with Gasteiger partial charge in [0.05, 0.1) is 23.5 Å². The summed E-state index contributed by atoms with van der Waals surface area (Å²) in [4.78, 5) is 37.4. The van der Waals surface area contributed by atoms with Crippen molar-refractivity contribution in [1.82, 2.24) is 9.13 Å². The second-order valence-corrected chi connectivity index (χ2v) is 6.82. The molecule has 0 aliphatic carbocycles. The highest BCUT2D eigenvalue weighted by Crippen LogP contribution is 2.20. The lowest BCUT2D eigenvalue weighted by Gasteiger charge is -2.18. The summed E-state index contributed by atoms with van der Waals surface area (Å²) in [6.07, 6.45) is 1.16. The molecule has 0 radical (unpaired) electrons. The van der Waals surface area contributed by atoms with Crippen LogP contribution in [0.1, 0.15) is 24.9 Å². The van der Waals surface area contributed by atoms with E-state index in [2.05, 4.69) is 0 Å². The summed E-state index contributed by atoms with van der Waals surface area (Å²) in [6.45, 7) is 1.82. The molecule has 1 aromatic heterocycles. The lowest BCUT2D eigenvalue weighted by molar-refractivity contribution is -0.110. The van der Waals surface area contributed by atoms with Gasteiger partial charge in [0.25, 0.3) is 5.56 Å². The van der Waals surface area contributed by atoms with Gasteiger partial charge in [0, 0.05) is 10.0 Å². The predicted octanol–water partition coefficient (Wildman–Crippen LogP) is 3.67. The predicted molar refractivity (Wildman–Crippen MR) is 103 cm³/mol. The fourth-order valence-electron chi connectivity index (χ4n) is 3.01. The van der Waals surface area contributed by atoms with Gasteiger partial charge in [0.1, 0.15) is 6.29 Å². The Morgan fingerprint density at radius 2 is 1.73 bits per heavy atom. The molecule has 0 aliphatic rings. The van der Waals surface area contributed by atoms with Crippen LogP contribution in [-0.4, -0.2) is 15.4 Å². The second-order valence-electron chi connectivity index (χ2n) is 5.95. The van der Waals surface area contributed by atoms with E-state index in [0.717, 1.165) is 10.9 Å². The minimum absolute atomic E-state index is 0.0120. The summed E-state index contributed by atoms with van der Waals surface area (Å²) in [5, 5.41) is 1.21. The molecule has 3 aromatic rings. The number of carbonyl (C=O) groups excluding carboxylic acids is 1. The molecule has 0 saturated heterocycles. The topological polar surface area (TPSA) is 61.1 Å². The molecule has 0 spiro atoms. The number of hydrogen-bond acceptors (Lipinski definition) is 3. The molecule has 3 rings (SSSR count). The maximum absolute atomic E-state index is 13.0. The second kappa shape index (κ2) is 7.48. The Kier molecular flexibility index (Phi) is 5.30. The number of aromatic nitrogens is 2. The number of fused-ring (bicyclic) bond motifs is 1. The molecule has 5 nitrogen and oxygen atoms in total. The first-order valence-corrected chi connectivity index (χ1v) is 8.86. The zero-order valence-electron chi connectivity index (χ0n) is 14.0. The largest absolute Gasteiger partial charge is 0.332 e. The van der Waals surface area contributed by atoms with Crippen molar-refractivity contribution in [2.24, 2.45) is 0 Å². The molecule has 0 fully saturated rings. The molecule has 0 N–H and O–H groups in total. The average Bonchev–Trinajstić information content (AvgIpc) is 2.61. The van der Waals surface area contributed by atoms with Crippen molar-refractivity contribution in [3.63, 3.8) is 0 Å². The van der Waals surface area contributed by atoms with E-state index in [-0.39, 0.29) is 6.54 Å². The first-order chi connectivity index (χ1) is 12.5. The summed E-state index contributed by atoms with van der Waals surface area (Å²) in [5.41, 5.74) is 0.118. The van der Waals surface area contributed by atoms with E-state index in [0.29, 0.717) is 32.9 Å². The Hall–Kier alpha value is -2.37. The van der Waals surface area contributed by atoms with E-state index >= 15 is 0 Å². The summed E-state index contributed by atoms with van der Waals surface area (Å²) in [5.74, 6) is 0. The summed E-state index contributed by atoms with van der Waals surface area (Å²) in [6, 6.07) is 11.0. The number of halogens is 2. The zero-order chi connectivity index (χ0) is 18.8. The van der Waals surface area contributed by atoms with E-state index in [1.165, 1.54) is 4.57 Å². The number of para-hydroxylation sites is 1. The lowest BCUT2D eigenvalue weighted by Crippen LogP contribution is -2.42. The van der Waals surface area contributed by atoms with Crippen molar-refractivity contribution in [1.29, 1.82) is 0 Å². The van der Waals surface area contributed by atoms with Crippen LogP contribution in [-0.2, 0) is 11.3 Å². The Morgan fingerprint density at radius 1 is 1.08 bits per heavy atom. The van der Waals surface area contributed by atoms with Crippen LogP contribution in [0.15, 0.2) is 52.1 Å². The van der Waals surface area contributed by atoms with E-state index in [4.69, 9.17) is 23.2 Å². The van der Waals surface area contributed by atoms with Crippen LogP contribution in [0.4, 0.5) is 0 Å². The van der Waals surface area contributed by atoms with Crippen LogP contribution in [0.3, 0.4) is 0 Å². The third-order valence-electron chi connectivity index (χ3n) is 4.25. The molecule has 0 amide bonds. The third-order valence-corrected chi connectivity index (χ3v) is 4.68. The van der Waals surface area contributed by atoms with Crippen molar-refractivity contribution >= 4 is 40.4 Å². The van der Waals surface area contributed by atoms with Crippen molar-refractivity contribution in [3.8, 4) is 0 Å². The van der Waals surface area contributed by atoms with Gasteiger partial charge < -0.3 is 4.79 Å². The van der Waals surface area contributed by atoms with Crippen LogP contribution in [0.2, 0.25) is 10.0 Å². The van der Waals surface area contributed by atoms with Crippen molar-refractivity contribution in [2.75, 3.05) is 0 Å². The van der Waals surface area contributed by atoms with Crippen LogP contribution in [0, 0.1) is 0 Å². The fourth-order valence-corrected chi connectivity index (χ4v) is 3.59. The van der Waals surface area contributed by atoms with Gasteiger partial charge in [-0.25, -0.2) is 4.79 Å². The van der Waals surface area contributed by atoms with E-state index < -0.39 is 17.3 Å². The molecule has 2 aromatic carbocycles. The SMILES string of the molecule is CCC(C=O)n1c(=O)n(Cc2cc(Cl)cc(Cl)c2)c(=O)c2ccccc21. The molecule has 1 unspecified atom stereocenters. The molecule has 0 saturated carbocycles. The molecule has 26 heavy (non-hydrogen) atoms. The van der Waals surface area contributed by atoms with Crippen molar-refractivity contribution in [3.05, 3.63) is 78.9 Å². The van der Waals surface area contributed by atoms with Gasteiger partial charge in [-0.2, -0.15) is 0 Å². The highest BCUT2D eigenvalue weighted by molar-refractivity contribution is 6.34. The Morgan fingerprint density at radius 3 is 2.35 bits per heavy atom. The van der Waals surface area contributed by atoms with E-state index in [1.807, 2.05) is 6.92 Å². The molecular formula is C19H16Cl2N2O3. The van der Waals surface area contributed by atoms with Gasteiger partial charge in [-0.3, -0.25) is 13.9 Å². The van der Waals surface area contributed by atoms with Gasteiger partial charge in [0.2, 0.25) is 0 Å². The van der Waals surface area contributed by atoms with Gasteiger partial charge in [-0.1, -0.05) is 42.3 Å². The first kappa shape index (κ1) is 18.4. The Labute approximate surface area is 159 Å². The minimum atomic E-state index is -0.651. The monoisotopic (exact) mass is 390 g/mol. The maximum atomic E-state index is 13.0. The molecular weight excluding hydrogens is 375 g/mol. The number of rotatable bonds is 5. The van der Waals surface area contributed by atoms with Crippen LogP contribution in [0.25, 0.3) is 10.9 Å². The smallest absolute Gasteiger partial charge is 0.301 e. The molecule has 7 heteroatoms. The molecule has 134 valence electrons. The summed E-state index contributed by atoms with van der Waals surface area (Å²) in [7, 11) is 0. The number of aldehydes is 1. The number of hydrogen-bond donors (Lipinski definition) is 0. The number of nitrogens with zero attached hydrogens (tertiary/aromatic N) is 2. The van der Waals surface area contributed by atoms with Gasteiger partial charge >= 0.3 is 5.69 Å². The average molecular weight is 391 g/mol. The molecule has 0 aliphatic heterocycles. The van der Waals surface area contributed by atoms with Gasteiger partial charge in [-0.15, -0.1) is 0 Å². The molecule has 0 bridgehead atoms. The molecule has 1 atom stereocenters. The molecule has 1 heterocycles.